The molecule has 30 heavy (non-hydrogen) atoms. The number of thiophene rings is 1. The minimum absolute atomic E-state index is 0.0109. The lowest BCUT2D eigenvalue weighted by Crippen LogP contribution is -2.27. The molecule has 0 saturated carbocycles. The molecule has 2 aromatic heterocycles. The van der Waals surface area contributed by atoms with Crippen molar-refractivity contribution in [2.75, 3.05) is 17.7 Å². The number of nitro benzene ring substituents is 1. The number of thioether (sulfide) groups is 1. The molecule has 0 unspecified atom stereocenters. The van der Waals surface area contributed by atoms with E-state index in [2.05, 4.69) is 15.3 Å². The van der Waals surface area contributed by atoms with Crippen LogP contribution in [0.1, 0.15) is 0 Å². The standard InChI is InChI=1S/C21H16N4O3S2/c1-24(15-7-9-16(10-8-15)25(27)28)18(26)12-30-21-19-17(14-5-3-2-4-6-14)11-29-20(19)22-13-23-21/h2-11,13H,12H2,1H3. The first-order valence-electron chi connectivity index (χ1n) is 8.96. The molecule has 0 bridgehead atoms. The second kappa shape index (κ2) is 8.60. The number of hydrogen-bond acceptors (Lipinski definition) is 7. The molecule has 1 amide bonds. The molecule has 0 atom stereocenters. The first-order chi connectivity index (χ1) is 14.5. The number of amides is 1. The molecule has 0 spiro atoms. The van der Waals surface area contributed by atoms with Crippen LogP contribution in [0.5, 0.6) is 0 Å². The topological polar surface area (TPSA) is 89.2 Å². The van der Waals surface area contributed by atoms with Crippen molar-refractivity contribution in [2.45, 2.75) is 5.03 Å². The third-order valence-corrected chi connectivity index (χ3v) is 6.44. The number of anilines is 1. The Hall–Kier alpha value is -3.30. The number of aromatic nitrogens is 2. The van der Waals surface area contributed by atoms with Crippen molar-refractivity contribution in [3.8, 4) is 11.1 Å². The van der Waals surface area contributed by atoms with E-state index in [1.165, 1.54) is 35.1 Å². The van der Waals surface area contributed by atoms with Crippen LogP contribution in [-0.2, 0) is 4.79 Å². The summed E-state index contributed by atoms with van der Waals surface area (Å²) < 4.78 is 0. The molecule has 4 aromatic rings. The second-order valence-corrected chi connectivity index (χ2v) is 8.21. The van der Waals surface area contributed by atoms with Gasteiger partial charge in [0.15, 0.2) is 0 Å². The van der Waals surface area contributed by atoms with Gasteiger partial charge in [-0.25, -0.2) is 9.97 Å². The van der Waals surface area contributed by atoms with Crippen LogP contribution in [-0.4, -0.2) is 33.6 Å². The lowest BCUT2D eigenvalue weighted by molar-refractivity contribution is -0.384. The third kappa shape index (κ3) is 4.03. The van der Waals surface area contributed by atoms with E-state index < -0.39 is 4.92 Å². The summed E-state index contributed by atoms with van der Waals surface area (Å²) in [5, 5.41) is 14.6. The highest BCUT2D eigenvalue weighted by atomic mass is 32.2. The molecule has 0 radical (unpaired) electrons. The number of fused-ring (bicyclic) bond motifs is 1. The van der Waals surface area contributed by atoms with Crippen LogP contribution >= 0.6 is 23.1 Å². The summed E-state index contributed by atoms with van der Waals surface area (Å²) in [7, 11) is 1.65. The van der Waals surface area contributed by atoms with Crippen LogP contribution in [0.15, 0.2) is 71.3 Å². The van der Waals surface area contributed by atoms with E-state index >= 15 is 0 Å². The number of rotatable bonds is 6. The molecule has 0 saturated heterocycles. The van der Waals surface area contributed by atoms with Crippen LogP contribution in [0.25, 0.3) is 21.3 Å². The van der Waals surface area contributed by atoms with Gasteiger partial charge in [0.2, 0.25) is 5.91 Å². The molecule has 0 fully saturated rings. The number of carbonyl (C=O) groups is 1. The summed E-state index contributed by atoms with van der Waals surface area (Å²) in [6.45, 7) is 0. The van der Waals surface area contributed by atoms with E-state index in [-0.39, 0.29) is 17.3 Å². The van der Waals surface area contributed by atoms with Crippen molar-refractivity contribution >= 4 is 50.6 Å². The molecular weight excluding hydrogens is 420 g/mol. The molecule has 2 heterocycles. The van der Waals surface area contributed by atoms with Crippen molar-refractivity contribution in [3.05, 3.63) is 76.4 Å². The van der Waals surface area contributed by atoms with Crippen molar-refractivity contribution in [1.29, 1.82) is 0 Å². The zero-order valence-electron chi connectivity index (χ0n) is 15.9. The second-order valence-electron chi connectivity index (χ2n) is 6.39. The quantitative estimate of drug-likeness (QED) is 0.182. The smallest absolute Gasteiger partial charge is 0.269 e. The summed E-state index contributed by atoms with van der Waals surface area (Å²) in [6.07, 6.45) is 1.51. The Balaban J connectivity index is 1.54. The molecular formula is C21H16N4O3S2. The zero-order valence-corrected chi connectivity index (χ0v) is 17.5. The Morgan fingerprint density at radius 3 is 2.57 bits per heavy atom. The van der Waals surface area contributed by atoms with Crippen molar-refractivity contribution in [1.82, 2.24) is 9.97 Å². The molecule has 0 aliphatic carbocycles. The van der Waals surface area contributed by atoms with Crippen LogP contribution < -0.4 is 4.90 Å². The highest BCUT2D eigenvalue weighted by Crippen LogP contribution is 2.37. The van der Waals surface area contributed by atoms with Gasteiger partial charge in [-0.3, -0.25) is 14.9 Å². The van der Waals surface area contributed by atoms with Gasteiger partial charge in [-0.05, 0) is 17.7 Å². The Morgan fingerprint density at radius 2 is 1.87 bits per heavy atom. The largest absolute Gasteiger partial charge is 0.315 e. The molecule has 150 valence electrons. The van der Waals surface area contributed by atoms with Crippen LogP contribution in [0.2, 0.25) is 0 Å². The zero-order chi connectivity index (χ0) is 21.1. The summed E-state index contributed by atoms with van der Waals surface area (Å²) >= 11 is 2.91. The maximum atomic E-state index is 12.7. The predicted molar refractivity (Wildman–Crippen MR) is 120 cm³/mol. The normalized spacial score (nSPS) is 10.8. The maximum Gasteiger partial charge on any atom is 0.269 e. The Morgan fingerprint density at radius 1 is 1.13 bits per heavy atom. The first kappa shape index (κ1) is 20.0. The lowest BCUT2D eigenvalue weighted by Gasteiger charge is -2.17. The van der Waals surface area contributed by atoms with Crippen LogP contribution in [0.3, 0.4) is 0 Å². The third-order valence-electron chi connectivity index (χ3n) is 4.57. The molecule has 0 aliphatic heterocycles. The summed E-state index contributed by atoms with van der Waals surface area (Å²) in [6, 6.07) is 15.9. The van der Waals surface area contributed by atoms with Gasteiger partial charge in [-0.15, -0.1) is 11.3 Å². The molecule has 9 heteroatoms. The number of benzene rings is 2. The van der Waals surface area contributed by atoms with Crippen LogP contribution in [0, 0.1) is 10.1 Å². The molecule has 2 aromatic carbocycles. The van der Waals surface area contributed by atoms with Gasteiger partial charge in [-0.1, -0.05) is 42.1 Å². The highest BCUT2D eigenvalue weighted by molar-refractivity contribution is 8.00. The Labute approximate surface area is 180 Å². The summed E-state index contributed by atoms with van der Waals surface area (Å²) in [5.41, 5.74) is 2.72. The van der Waals surface area contributed by atoms with Gasteiger partial charge in [-0.2, -0.15) is 0 Å². The van der Waals surface area contributed by atoms with Crippen molar-refractivity contribution in [3.63, 3.8) is 0 Å². The molecule has 0 N–H and O–H groups in total. The lowest BCUT2D eigenvalue weighted by atomic mass is 10.1. The van der Waals surface area contributed by atoms with E-state index in [4.69, 9.17) is 0 Å². The average Bonchev–Trinajstić information content (AvgIpc) is 3.22. The van der Waals surface area contributed by atoms with E-state index in [0.717, 1.165) is 26.4 Å². The van der Waals surface area contributed by atoms with Gasteiger partial charge in [0, 0.05) is 35.8 Å². The van der Waals surface area contributed by atoms with Gasteiger partial charge < -0.3 is 4.90 Å². The predicted octanol–water partition coefficient (Wildman–Crippen LogP) is 5.02. The molecule has 7 nitrogen and oxygen atoms in total. The first-order valence-corrected chi connectivity index (χ1v) is 10.8. The fourth-order valence-electron chi connectivity index (χ4n) is 2.96. The van der Waals surface area contributed by atoms with Crippen molar-refractivity contribution in [2.24, 2.45) is 0 Å². The van der Waals surface area contributed by atoms with Crippen molar-refractivity contribution < 1.29 is 9.72 Å². The van der Waals surface area contributed by atoms with E-state index in [0.29, 0.717) is 5.69 Å². The summed E-state index contributed by atoms with van der Waals surface area (Å²) in [4.78, 5) is 34.2. The minimum atomic E-state index is -0.465. The van der Waals surface area contributed by atoms with Crippen LogP contribution in [0.4, 0.5) is 11.4 Å². The fourth-order valence-corrected chi connectivity index (χ4v) is 4.86. The van der Waals surface area contributed by atoms with Gasteiger partial charge in [0.05, 0.1) is 16.1 Å². The number of non-ortho nitro benzene ring substituents is 1. The monoisotopic (exact) mass is 436 g/mol. The van der Waals surface area contributed by atoms with Gasteiger partial charge in [0.25, 0.3) is 5.69 Å². The minimum Gasteiger partial charge on any atom is -0.315 e. The Bertz CT molecular complexity index is 1210. The Kier molecular flexibility index (Phi) is 5.73. The molecule has 4 rings (SSSR count). The number of carbonyl (C=O) groups excluding carboxylic acids is 1. The SMILES string of the molecule is CN(C(=O)CSc1ncnc2scc(-c3ccccc3)c12)c1ccc([N+](=O)[O-])cc1. The van der Waals surface area contributed by atoms with E-state index in [1.807, 2.05) is 30.3 Å². The number of hydrogen-bond donors (Lipinski definition) is 0. The van der Waals surface area contributed by atoms with E-state index in [9.17, 15) is 14.9 Å². The average molecular weight is 437 g/mol. The maximum absolute atomic E-state index is 12.7. The fraction of sp³-hybridized carbons (Fsp3) is 0.0952. The van der Waals surface area contributed by atoms with Gasteiger partial charge in [0.1, 0.15) is 16.2 Å². The number of nitro groups is 1. The van der Waals surface area contributed by atoms with E-state index in [1.54, 1.807) is 30.5 Å². The van der Waals surface area contributed by atoms with Gasteiger partial charge >= 0.3 is 0 Å². The highest BCUT2D eigenvalue weighted by Gasteiger charge is 2.17. The summed E-state index contributed by atoms with van der Waals surface area (Å²) in [5.74, 6) is 0.0565. The molecule has 0 aliphatic rings. The number of nitrogens with zero attached hydrogens (tertiary/aromatic N) is 4.